The first-order valence-corrected chi connectivity index (χ1v) is 7.24. The fraction of sp³-hybridized carbons (Fsp3) is 0.333. The number of ether oxygens (including phenoxy) is 1. The summed E-state index contributed by atoms with van der Waals surface area (Å²) in [6.07, 6.45) is -0.343. The van der Waals surface area contributed by atoms with Crippen molar-refractivity contribution in [2.24, 2.45) is 5.73 Å². The van der Waals surface area contributed by atoms with Crippen LogP contribution in [-0.2, 0) is 0 Å². The minimum absolute atomic E-state index is 0.277. The summed E-state index contributed by atoms with van der Waals surface area (Å²) < 4.78 is 19.2. The van der Waals surface area contributed by atoms with E-state index in [9.17, 15) is 4.39 Å². The lowest BCUT2D eigenvalue weighted by Crippen LogP contribution is -2.18. The molecule has 2 rings (SSSR count). The first kappa shape index (κ1) is 15.5. The number of aryl methyl sites for hydroxylation is 1. The molecule has 21 heavy (non-hydrogen) atoms. The average molecular weight is 287 g/mol. The SMILES string of the molecule is Cc1cc(OC(CN)c2cccc(F)c2)ccc1C(C)C. The van der Waals surface area contributed by atoms with E-state index in [1.165, 1.54) is 23.3 Å². The molecule has 2 N–H and O–H groups in total. The van der Waals surface area contributed by atoms with Crippen LogP contribution in [0.25, 0.3) is 0 Å². The minimum Gasteiger partial charge on any atom is -0.484 e. The Bertz CT molecular complexity index is 610. The molecule has 0 aromatic heterocycles. The second-order valence-corrected chi connectivity index (χ2v) is 5.57. The highest BCUT2D eigenvalue weighted by Crippen LogP contribution is 2.27. The van der Waals surface area contributed by atoms with Gasteiger partial charge in [0.05, 0.1) is 0 Å². The summed E-state index contributed by atoms with van der Waals surface area (Å²) in [6, 6.07) is 12.4. The van der Waals surface area contributed by atoms with Gasteiger partial charge in [0.2, 0.25) is 0 Å². The monoisotopic (exact) mass is 287 g/mol. The van der Waals surface area contributed by atoms with Crippen molar-refractivity contribution in [3.8, 4) is 5.75 Å². The molecule has 2 aromatic carbocycles. The van der Waals surface area contributed by atoms with Crippen LogP contribution in [0.3, 0.4) is 0 Å². The van der Waals surface area contributed by atoms with Gasteiger partial charge >= 0.3 is 0 Å². The van der Waals surface area contributed by atoms with Crippen molar-refractivity contribution in [2.75, 3.05) is 6.54 Å². The molecule has 0 amide bonds. The highest BCUT2D eigenvalue weighted by atomic mass is 19.1. The van der Waals surface area contributed by atoms with Gasteiger partial charge in [-0.15, -0.1) is 0 Å². The van der Waals surface area contributed by atoms with Gasteiger partial charge in [0, 0.05) is 6.54 Å². The van der Waals surface area contributed by atoms with E-state index in [1.54, 1.807) is 6.07 Å². The molecule has 0 bridgehead atoms. The predicted octanol–water partition coefficient (Wildman–Crippen LogP) is 4.34. The zero-order valence-electron chi connectivity index (χ0n) is 12.8. The second-order valence-electron chi connectivity index (χ2n) is 5.57. The van der Waals surface area contributed by atoms with Crippen molar-refractivity contribution in [1.29, 1.82) is 0 Å². The first-order chi connectivity index (χ1) is 10.0. The highest BCUT2D eigenvalue weighted by molar-refractivity contribution is 5.37. The maximum Gasteiger partial charge on any atom is 0.136 e. The second kappa shape index (κ2) is 6.72. The maximum atomic E-state index is 13.3. The Balaban J connectivity index is 2.21. The zero-order chi connectivity index (χ0) is 15.4. The van der Waals surface area contributed by atoms with Gasteiger partial charge in [0.15, 0.2) is 0 Å². The van der Waals surface area contributed by atoms with E-state index < -0.39 is 0 Å². The summed E-state index contributed by atoms with van der Waals surface area (Å²) in [4.78, 5) is 0. The molecule has 0 aliphatic carbocycles. The first-order valence-electron chi connectivity index (χ1n) is 7.24. The molecule has 0 saturated heterocycles. The van der Waals surface area contributed by atoms with Gasteiger partial charge in [-0.25, -0.2) is 4.39 Å². The fourth-order valence-electron chi connectivity index (χ4n) is 2.49. The molecule has 0 saturated carbocycles. The van der Waals surface area contributed by atoms with E-state index in [-0.39, 0.29) is 11.9 Å². The lowest BCUT2D eigenvalue weighted by molar-refractivity contribution is 0.213. The molecular weight excluding hydrogens is 265 g/mol. The quantitative estimate of drug-likeness (QED) is 0.888. The molecule has 0 fully saturated rings. The van der Waals surface area contributed by atoms with E-state index in [2.05, 4.69) is 26.8 Å². The van der Waals surface area contributed by atoms with Crippen LogP contribution >= 0.6 is 0 Å². The lowest BCUT2D eigenvalue weighted by Gasteiger charge is -2.19. The van der Waals surface area contributed by atoms with Crippen molar-refractivity contribution < 1.29 is 9.13 Å². The molecule has 0 spiro atoms. The zero-order valence-corrected chi connectivity index (χ0v) is 12.8. The van der Waals surface area contributed by atoms with Crippen LogP contribution in [0.4, 0.5) is 4.39 Å². The third kappa shape index (κ3) is 3.82. The van der Waals surface area contributed by atoms with E-state index in [4.69, 9.17) is 10.5 Å². The van der Waals surface area contributed by atoms with Crippen LogP contribution < -0.4 is 10.5 Å². The summed E-state index contributed by atoms with van der Waals surface area (Å²) >= 11 is 0. The van der Waals surface area contributed by atoms with Gasteiger partial charge in [0.1, 0.15) is 17.7 Å². The molecule has 0 aliphatic heterocycles. The van der Waals surface area contributed by atoms with E-state index in [0.29, 0.717) is 12.5 Å². The van der Waals surface area contributed by atoms with E-state index >= 15 is 0 Å². The minimum atomic E-state index is -0.343. The largest absolute Gasteiger partial charge is 0.484 e. The molecule has 2 nitrogen and oxygen atoms in total. The van der Waals surface area contributed by atoms with Crippen molar-refractivity contribution in [3.05, 3.63) is 65.0 Å². The van der Waals surface area contributed by atoms with Gasteiger partial charge in [0.25, 0.3) is 0 Å². The van der Waals surface area contributed by atoms with E-state index in [1.807, 2.05) is 18.2 Å². The summed E-state index contributed by atoms with van der Waals surface area (Å²) in [5.41, 5.74) is 9.02. The highest BCUT2D eigenvalue weighted by Gasteiger charge is 2.13. The normalized spacial score (nSPS) is 12.5. The summed E-state index contributed by atoms with van der Waals surface area (Å²) in [5.74, 6) is 0.963. The number of halogens is 1. The van der Waals surface area contributed by atoms with Crippen LogP contribution in [0.1, 0.15) is 42.6 Å². The molecule has 3 heteroatoms. The molecular formula is C18H22FNO. The number of rotatable bonds is 5. The molecule has 1 atom stereocenters. The van der Waals surface area contributed by atoms with Crippen molar-refractivity contribution >= 4 is 0 Å². The topological polar surface area (TPSA) is 35.2 Å². The third-order valence-corrected chi connectivity index (χ3v) is 3.58. The lowest BCUT2D eigenvalue weighted by atomic mass is 9.98. The smallest absolute Gasteiger partial charge is 0.136 e. The van der Waals surface area contributed by atoms with Gasteiger partial charge < -0.3 is 10.5 Å². The van der Waals surface area contributed by atoms with Crippen molar-refractivity contribution in [1.82, 2.24) is 0 Å². The van der Waals surface area contributed by atoms with Gasteiger partial charge in [-0.1, -0.05) is 32.0 Å². The molecule has 2 aromatic rings. The molecule has 1 unspecified atom stereocenters. The van der Waals surface area contributed by atoms with Crippen LogP contribution in [0.5, 0.6) is 5.75 Å². The Hall–Kier alpha value is -1.87. The van der Waals surface area contributed by atoms with Crippen LogP contribution in [0, 0.1) is 12.7 Å². The Kier molecular flexibility index (Phi) is 4.97. The predicted molar refractivity (Wildman–Crippen MR) is 84.1 cm³/mol. The fourth-order valence-corrected chi connectivity index (χ4v) is 2.49. The molecule has 0 aliphatic rings. The third-order valence-electron chi connectivity index (χ3n) is 3.58. The van der Waals surface area contributed by atoms with Crippen LogP contribution in [0.15, 0.2) is 42.5 Å². The van der Waals surface area contributed by atoms with Crippen LogP contribution in [-0.4, -0.2) is 6.54 Å². The standard InChI is InChI=1S/C18H22FNO/c1-12(2)17-8-7-16(9-13(17)3)21-18(11-20)14-5-4-6-15(19)10-14/h4-10,12,18H,11,20H2,1-3H3. The van der Waals surface area contributed by atoms with E-state index in [0.717, 1.165) is 11.3 Å². The molecule has 112 valence electrons. The summed E-state index contributed by atoms with van der Waals surface area (Å²) in [7, 11) is 0. The van der Waals surface area contributed by atoms with Gasteiger partial charge in [-0.2, -0.15) is 0 Å². The number of hydrogen-bond acceptors (Lipinski definition) is 2. The number of hydrogen-bond donors (Lipinski definition) is 1. The van der Waals surface area contributed by atoms with Crippen molar-refractivity contribution in [3.63, 3.8) is 0 Å². The van der Waals surface area contributed by atoms with Crippen molar-refractivity contribution in [2.45, 2.75) is 32.8 Å². The molecule has 0 radical (unpaired) electrons. The molecule has 0 heterocycles. The summed E-state index contributed by atoms with van der Waals surface area (Å²) in [5, 5.41) is 0. The Morgan fingerprint density at radius 3 is 2.48 bits per heavy atom. The average Bonchev–Trinajstić information content (AvgIpc) is 2.44. The van der Waals surface area contributed by atoms with Gasteiger partial charge in [-0.3, -0.25) is 0 Å². The van der Waals surface area contributed by atoms with Gasteiger partial charge in [-0.05, 0) is 53.8 Å². The maximum absolute atomic E-state index is 13.3. The number of nitrogens with two attached hydrogens (primary N) is 1. The van der Waals surface area contributed by atoms with Crippen LogP contribution in [0.2, 0.25) is 0 Å². The summed E-state index contributed by atoms with van der Waals surface area (Å²) in [6.45, 7) is 6.70. The Labute approximate surface area is 125 Å². The number of benzene rings is 2. The Morgan fingerprint density at radius 2 is 1.90 bits per heavy atom. The Morgan fingerprint density at radius 1 is 1.14 bits per heavy atom.